The first-order valence-electron chi connectivity index (χ1n) is 7.58. The number of carbonyl (C=O) groups excluding carboxylic acids is 2. The van der Waals surface area contributed by atoms with Gasteiger partial charge in [-0.1, -0.05) is 0 Å². The number of carbonyl (C=O) groups is 2. The number of aromatic nitrogens is 1. The van der Waals surface area contributed by atoms with Crippen LogP contribution in [0.5, 0.6) is 11.5 Å². The molecule has 0 unspecified atom stereocenters. The molecule has 1 N–H and O–H groups in total. The van der Waals surface area contributed by atoms with Gasteiger partial charge in [-0.3, -0.25) is 9.59 Å². The molecule has 1 heterocycles. The Morgan fingerprint density at radius 1 is 1.08 bits per heavy atom. The topological polar surface area (TPSA) is 85.7 Å². The van der Waals surface area contributed by atoms with Gasteiger partial charge in [-0.05, 0) is 43.3 Å². The van der Waals surface area contributed by atoms with Gasteiger partial charge in [0.1, 0.15) is 17.2 Å². The summed E-state index contributed by atoms with van der Waals surface area (Å²) < 4.78 is 9.89. The van der Waals surface area contributed by atoms with Crippen LogP contribution in [0, 0.1) is 0 Å². The molecule has 1 aromatic heterocycles. The fraction of sp³-hybridized carbons (Fsp3) is 0.278. The van der Waals surface area contributed by atoms with Crippen molar-refractivity contribution in [2.45, 2.75) is 19.8 Å². The van der Waals surface area contributed by atoms with Crippen LogP contribution in [0.15, 0.2) is 36.4 Å². The van der Waals surface area contributed by atoms with Gasteiger partial charge in [0.2, 0.25) is 0 Å². The normalized spacial score (nSPS) is 10.2. The number of ketones is 1. The van der Waals surface area contributed by atoms with E-state index in [9.17, 15) is 14.7 Å². The Morgan fingerprint density at radius 3 is 2.42 bits per heavy atom. The molecule has 0 bridgehead atoms. The monoisotopic (exact) mass is 329 g/mol. The number of nitrogens with zero attached hydrogens (tertiary/aromatic N) is 1. The minimum absolute atomic E-state index is 0.0411. The summed E-state index contributed by atoms with van der Waals surface area (Å²) in [6.07, 6.45) is -0.105. The number of aromatic hydroxyl groups is 1. The molecule has 2 rings (SSSR count). The lowest BCUT2D eigenvalue weighted by Crippen LogP contribution is -2.09. The molecule has 24 heavy (non-hydrogen) atoms. The number of ether oxygens (including phenoxy) is 2. The van der Waals surface area contributed by atoms with Crippen LogP contribution in [-0.4, -0.2) is 35.6 Å². The Morgan fingerprint density at radius 2 is 1.79 bits per heavy atom. The molecule has 6 heteroatoms. The lowest BCUT2D eigenvalue weighted by atomic mass is 10.1. The molecule has 0 saturated carbocycles. The molecule has 0 atom stereocenters. The minimum Gasteiger partial charge on any atom is -0.506 e. The van der Waals surface area contributed by atoms with Crippen LogP contribution in [0.25, 0.3) is 11.3 Å². The summed E-state index contributed by atoms with van der Waals surface area (Å²) in [5.41, 5.74) is 1.29. The van der Waals surface area contributed by atoms with E-state index in [0.29, 0.717) is 11.4 Å². The number of Topliss-reactive ketones (excluding diaryl/α,β-unsaturated/α-hetero) is 1. The lowest BCUT2D eigenvalue weighted by molar-refractivity contribution is -0.143. The highest BCUT2D eigenvalue weighted by molar-refractivity contribution is 5.98. The standard InChI is InChI=1S/C18H19NO5/c1-3-24-17(22)11-10-16(21)18-15(20)9-8-14(19-18)12-4-6-13(23-2)7-5-12/h4-9,20H,3,10-11H2,1-2H3. The summed E-state index contributed by atoms with van der Waals surface area (Å²) in [4.78, 5) is 27.8. The molecule has 0 spiro atoms. The minimum atomic E-state index is -0.448. The zero-order chi connectivity index (χ0) is 17.5. The van der Waals surface area contributed by atoms with Gasteiger partial charge >= 0.3 is 5.97 Å². The van der Waals surface area contributed by atoms with E-state index in [1.807, 2.05) is 12.1 Å². The summed E-state index contributed by atoms with van der Waals surface area (Å²) in [5, 5.41) is 9.88. The zero-order valence-electron chi connectivity index (χ0n) is 13.6. The maximum absolute atomic E-state index is 12.2. The largest absolute Gasteiger partial charge is 0.506 e. The predicted octanol–water partition coefficient (Wildman–Crippen LogP) is 2.99. The fourth-order valence-electron chi connectivity index (χ4n) is 2.15. The first-order valence-corrected chi connectivity index (χ1v) is 7.58. The van der Waals surface area contributed by atoms with Crippen molar-refractivity contribution in [1.82, 2.24) is 4.98 Å². The van der Waals surface area contributed by atoms with Crippen molar-refractivity contribution < 1.29 is 24.2 Å². The van der Waals surface area contributed by atoms with E-state index < -0.39 is 11.8 Å². The number of methoxy groups -OCH3 is 1. The second-order valence-corrected chi connectivity index (χ2v) is 5.02. The second-order valence-electron chi connectivity index (χ2n) is 5.02. The lowest BCUT2D eigenvalue weighted by Gasteiger charge is -2.07. The molecule has 0 aliphatic heterocycles. The Labute approximate surface area is 140 Å². The predicted molar refractivity (Wildman–Crippen MR) is 88.1 cm³/mol. The molecule has 6 nitrogen and oxygen atoms in total. The molecule has 0 aliphatic rings. The number of esters is 1. The first kappa shape index (κ1) is 17.5. The third-order valence-corrected chi connectivity index (χ3v) is 3.39. The number of rotatable bonds is 7. The Hall–Kier alpha value is -2.89. The fourth-order valence-corrected chi connectivity index (χ4v) is 2.15. The molecular weight excluding hydrogens is 310 g/mol. The third kappa shape index (κ3) is 4.32. The van der Waals surface area contributed by atoms with Crippen LogP contribution in [0.1, 0.15) is 30.3 Å². The van der Waals surface area contributed by atoms with Gasteiger partial charge in [-0.25, -0.2) is 4.98 Å². The van der Waals surface area contributed by atoms with Gasteiger partial charge < -0.3 is 14.6 Å². The summed E-state index contributed by atoms with van der Waals surface area (Å²) in [6, 6.07) is 10.2. The van der Waals surface area contributed by atoms with Gasteiger partial charge in [-0.15, -0.1) is 0 Å². The van der Waals surface area contributed by atoms with Gasteiger partial charge in [0.05, 0.1) is 25.8 Å². The van der Waals surface area contributed by atoms with E-state index >= 15 is 0 Å². The molecule has 0 aliphatic carbocycles. The van der Waals surface area contributed by atoms with Crippen LogP contribution in [-0.2, 0) is 9.53 Å². The van der Waals surface area contributed by atoms with Crippen molar-refractivity contribution in [3.63, 3.8) is 0 Å². The summed E-state index contributed by atoms with van der Waals surface area (Å²) >= 11 is 0. The van der Waals surface area contributed by atoms with Crippen molar-refractivity contribution in [2.75, 3.05) is 13.7 Å². The maximum Gasteiger partial charge on any atom is 0.306 e. The number of hydrogen-bond acceptors (Lipinski definition) is 6. The van der Waals surface area contributed by atoms with Crippen LogP contribution < -0.4 is 4.74 Å². The Bertz CT molecular complexity index is 725. The second kappa shape index (κ2) is 8.10. The van der Waals surface area contributed by atoms with Crippen molar-refractivity contribution in [2.24, 2.45) is 0 Å². The van der Waals surface area contributed by atoms with E-state index in [1.165, 1.54) is 6.07 Å². The van der Waals surface area contributed by atoms with E-state index in [4.69, 9.17) is 9.47 Å². The van der Waals surface area contributed by atoms with Crippen LogP contribution in [0.2, 0.25) is 0 Å². The van der Waals surface area contributed by atoms with Gasteiger partial charge in [0.25, 0.3) is 0 Å². The van der Waals surface area contributed by atoms with Gasteiger partial charge in [0, 0.05) is 12.0 Å². The van der Waals surface area contributed by atoms with Crippen molar-refractivity contribution in [3.05, 3.63) is 42.1 Å². The average molecular weight is 329 g/mol. The summed E-state index contributed by atoms with van der Waals surface area (Å²) in [5.74, 6) is -0.350. The summed E-state index contributed by atoms with van der Waals surface area (Å²) in [7, 11) is 1.58. The highest BCUT2D eigenvalue weighted by Gasteiger charge is 2.16. The first-order chi connectivity index (χ1) is 11.5. The number of hydrogen-bond donors (Lipinski definition) is 1. The molecular formula is C18H19NO5. The third-order valence-electron chi connectivity index (χ3n) is 3.39. The quantitative estimate of drug-likeness (QED) is 0.621. The number of pyridine rings is 1. The molecule has 0 radical (unpaired) electrons. The van der Waals surface area contributed by atoms with Crippen molar-refractivity contribution in [3.8, 4) is 22.8 Å². The number of benzene rings is 1. The average Bonchev–Trinajstić information content (AvgIpc) is 2.60. The molecule has 0 saturated heterocycles. The van der Waals surface area contributed by atoms with Gasteiger partial charge in [-0.2, -0.15) is 0 Å². The Balaban J connectivity index is 2.18. The van der Waals surface area contributed by atoms with E-state index in [-0.39, 0.29) is 30.9 Å². The maximum atomic E-state index is 12.2. The summed E-state index contributed by atoms with van der Waals surface area (Å²) in [6.45, 7) is 1.97. The molecule has 126 valence electrons. The van der Waals surface area contributed by atoms with E-state index in [1.54, 1.807) is 32.2 Å². The molecule has 1 aromatic carbocycles. The van der Waals surface area contributed by atoms with Gasteiger partial charge in [0.15, 0.2) is 5.78 Å². The van der Waals surface area contributed by atoms with Crippen LogP contribution >= 0.6 is 0 Å². The Kier molecular flexibility index (Phi) is 5.89. The smallest absolute Gasteiger partial charge is 0.306 e. The highest BCUT2D eigenvalue weighted by atomic mass is 16.5. The van der Waals surface area contributed by atoms with Crippen molar-refractivity contribution in [1.29, 1.82) is 0 Å². The SMILES string of the molecule is CCOC(=O)CCC(=O)c1nc(-c2ccc(OC)cc2)ccc1O. The zero-order valence-corrected chi connectivity index (χ0v) is 13.6. The van der Waals surface area contributed by atoms with Crippen LogP contribution in [0.3, 0.4) is 0 Å². The van der Waals surface area contributed by atoms with E-state index in [2.05, 4.69) is 4.98 Å². The highest BCUT2D eigenvalue weighted by Crippen LogP contribution is 2.25. The van der Waals surface area contributed by atoms with Crippen LogP contribution in [0.4, 0.5) is 0 Å². The molecule has 2 aromatic rings. The molecule has 0 amide bonds. The van der Waals surface area contributed by atoms with Crippen molar-refractivity contribution >= 4 is 11.8 Å². The molecule has 0 fully saturated rings. The van der Waals surface area contributed by atoms with E-state index in [0.717, 1.165) is 5.56 Å².